The van der Waals surface area contributed by atoms with E-state index in [1.165, 1.54) is 18.3 Å². The first-order valence-electron chi connectivity index (χ1n) is 10.7. The number of aryl methyl sites for hydroxylation is 1. The van der Waals surface area contributed by atoms with Crippen LogP contribution in [0.2, 0.25) is 0 Å². The number of sulfonamides is 1. The first kappa shape index (κ1) is 27.7. The monoisotopic (exact) mass is 760 g/mol. The predicted molar refractivity (Wildman–Crippen MR) is 146 cm³/mol. The van der Waals surface area contributed by atoms with Crippen molar-refractivity contribution >= 4 is 67.3 Å². The van der Waals surface area contributed by atoms with Crippen molar-refractivity contribution in [2.75, 3.05) is 9.73 Å². The zero-order valence-electron chi connectivity index (χ0n) is 19.7. The van der Waals surface area contributed by atoms with E-state index in [0.717, 1.165) is 21.9 Å². The molecule has 0 fully saturated rings. The van der Waals surface area contributed by atoms with Crippen molar-refractivity contribution in [3.05, 3.63) is 82.4 Å². The van der Waals surface area contributed by atoms with E-state index < -0.39 is 31.8 Å². The van der Waals surface area contributed by atoms with Crippen molar-refractivity contribution in [1.82, 2.24) is 9.97 Å². The van der Waals surface area contributed by atoms with Crippen LogP contribution >= 0.6 is 28.4 Å². The van der Waals surface area contributed by atoms with E-state index in [0.29, 0.717) is 22.7 Å². The Morgan fingerprint density at radius 2 is 1.84 bits per heavy atom. The van der Waals surface area contributed by atoms with Gasteiger partial charge in [-0.05, 0) is 13.0 Å². The number of hydrazone groups is 1. The molecule has 4 rings (SSSR count). The summed E-state index contributed by atoms with van der Waals surface area (Å²) in [4.78, 5) is 8.04. The molecule has 0 saturated carbocycles. The molecule has 0 saturated heterocycles. The first-order valence-corrected chi connectivity index (χ1v) is 27.5. The average molecular weight is 760 g/mol. The Morgan fingerprint density at radius 3 is 2.51 bits per heavy atom. The van der Waals surface area contributed by atoms with Crippen molar-refractivity contribution in [2.45, 2.75) is 18.7 Å². The second-order valence-electron chi connectivity index (χ2n) is 7.49. The van der Waals surface area contributed by atoms with Crippen LogP contribution in [0.4, 0.5) is 17.3 Å². The van der Waals surface area contributed by atoms with Gasteiger partial charge in [0, 0.05) is 11.9 Å². The van der Waals surface area contributed by atoms with Crippen LogP contribution in [0.5, 0.6) is 0 Å². The van der Waals surface area contributed by atoms with Gasteiger partial charge in [0.05, 0.1) is 0 Å². The van der Waals surface area contributed by atoms with Crippen LogP contribution in [0.15, 0.2) is 96.3 Å². The fraction of sp³-hybridized carbons (Fsp3) is 0.0909. The Morgan fingerprint density at radius 1 is 1.11 bits per heavy atom. The Bertz CT molecular complexity index is 1500. The number of nitrogens with one attached hydrogen (secondary N) is 2. The van der Waals surface area contributed by atoms with Crippen LogP contribution < -0.4 is 9.73 Å². The first-order chi connectivity index (χ1) is 17.8. The van der Waals surface area contributed by atoms with E-state index in [4.69, 9.17) is 13.7 Å². The molecule has 10 nitrogen and oxygen atoms in total. The van der Waals surface area contributed by atoms with Crippen molar-refractivity contribution < 1.29 is 30.2 Å². The van der Waals surface area contributed by atoms with Crippen LogP contribution in [-0.2, 0) is 31.8 Å². The molecule has 0 atom stereocenters. The van der Waals surface area contributed by atoms with E-state index in [-0.39, 0.29) is 16.7 Å². The summed E-state index contributed by atoms with van der Waals surface area (Å²) in [6, 6.07) is 17.1. The van der Waals surface area contributed by atoms with E-state index >= 15 is 0 Å². The molecule has 2 aromatic carbocycles. The molecule has 2 N–H and O–H groups in total. The van der Waals surface area contributed by atoms with Crippen LogP contribution in [0.25, 0.3) is 0 Å². The van der Waals surface area contributed by atoms with Gasteiger partial charge >= 0.3 is 204 Å². The second-order valence-corrected chi connectivity index (χ2v) is 22.8. The molecular weight excluding hydrogens is 741 g/mol. The van der Waals surface area contributed by atoms with Crippen molar-refractivity contribution in [1.29, 1.82) is 5.41 Å². The minimum atomic E-state index is -3.85. The van der Waals surface area contributed by atoms with Crippen LogP contribution in [0, 0.1) is 12.3 Å². The summed E-state index contributed by atoms with van der Waals surface area (Å²) in [6.45, 7) is 3.60. The molecule has 2 heterocycles. The third kappa shape index (κ3) is 6.96. The molecule has 0 amide bonds. The van der Waals surface area contributed by atoms with Gasteiger partial charge in [0.1, 0.15) is 0 Å². The van der Waals surface area contributed by atoms with Gasteiger partial charge in [-0.2, -0.15) is 0 Å². The summed E-state index contributed by atoms with van der Waals surface area (Å²) >= 11 is -0.588. The summed E-state index contributed by atoms with van der Waals surface area (Å²) < 4.78 is 32.6. The molecule has 3 aromatic rings. The summed E-state index contributed by atoms with van der Waals surface area (Å²) in [5.74, 6) is 0.261. The number of aromatic nitrogens is 2. The molecule has 1 aliphatic heterocycles. The fourth-order valence-corrected chi connectivity index (χ4v) is 16.3. The van der Waals surface area contributed by atoms with Crippen molar-refractivity contribution in [3.63, 3.8) is 0 Å². The number of halogens is 1. The SMILES string of the molecule is CC1=NN(c2ccccc2)C(=N)/C1=C(\SN=Nc1ccc(S(=O)(=O)Nc2nccc(C)n2)cc1)[S][Hg][Cl]. The van der Waals surface area contributed by atoms with Gasteiger partial charge in [0.2, 0.25) is 0 Å². The molecule has 0 radical (unpaired) electrons. The van der Waals surface area contributed by atoms with E-state index in [9.17, 15) is 8.42 Å². The zero-order valence-corrected chi connectivity index (χ0v) is 28.4. The Kier molecular flexibility index (Phi) is 9.34. The zero-order chi connectivity index (χ0) is 26.4. The van der Waals surface area contributed by atoms with E-state index in [1.807, 2.05) is 37.3 Å². The van der Waals surface area contributed by atoms with E-state index in [1.54, 1.807) is 38.4 Å². The molecule has 15 heteroatoms. The number of hydrogen-bond donors (Lipinski definition) is 2. The van der Waals surface area contributed by atoms with Crippen LogP contribution in [0.1, 0.15) is 12.6 Å². The molecule has 1 aromatic heterocycles. The van der Waals surface area contributed by atoms with Crippen LogP contribution in [0.3, 0.4) is 0 Å². The Balaban J connectivity index is 1.48. The third-order valence-electron chi connectivity index (χ3n) is 4.90. The maximum atomic E-state index is 12.6. The predicted octanol–water partition coefficient (Wildman–Crippen LogP) is 6.29. The Labute approximate surface area is 236 Å². The van der Waals surface area contributed by atoms with E-state index in [2.05, 4.69) is 29.4 Å². The Hall–Kier alpha value is -2.32. The van der Waals surface area contributed by atoms with Gasteiger partial charge in [-0.25, -0.2) is 9.97 Å². The molecule has 186 valence electrons. The summed E-state index contributed by atoms with van der Waals surface area (Å²) in [6.07, 6.45) is 1.48. The van der Waals surface area contributed by atoms with Gasteiger partial charge in [-0.15, -0.1) is 0 Å². The quantitative estimate of drug-likeness (QED) is 0.149. The molecule has 0 bridgehead atoms. The van der Waals surface area contributed by atoms with Gasteiger partial charge in [0.25, 0.3) is 0 Å². The number of nitrogens with zero attached hydrogens (tertiary/aromatic N) is 6. The molecule has 0 unspecified atom stereocenters. The standard InChI is InChI=1S/C22H20N8O2S3.ClH.Hg/c1-14-12-13-24-22(25-14)28-35(31,32)18-10-8-16(9-11-18)26-29-34-21(33)19-15(2)27-30(20(19)23)17-6-4-3-5-7-17;;/h3-13,23,33H,1-2H3,(H,24,25,28);1H;/q;;+2/p-2/b21-19-,23-20?,29-26?;;. The van der Waals surface area contributed by atoms with Crippen LogP contribution in [-0.4, -0.2) is 29.9 Å². The third-order valence-corrected chi connectivity index (χ3v) is 17.9. The van der Waals surface area contributed by atoms with Gasteiger partial charge < -0.3 is 0 Å². The average Bonchev–Trinajstić information content (AvgIpc) is 3.17. The normalized spacial score (nSPS) is 15.1. The maximum absolute atomic E-state index is 12.6. The van der Waals surface area contributed by atoms with Gasteiger partial charge in [0.15, 0.2) is 0 Å². The summed E-state index contributed by atoms with van der Waals surface area (Å²) in [7, 11) is 3.91. The molecule has 37 heavy (non-hydrogen) atoms. The topological polar surface area (TPSA) is 136 Å². The summed E-state index contributed by atoms with van der Waals surface area (Å²) in [5.41, 5.74) is 3.31. The van der Waals surface area contributed by atoms with Crippen molar-refractivity contribution in [3.8, 4) is 0 Å². The molecule has 0 aliphatic carbocycles. The second kappa shape index (κ2) is 12.5. The number of rotatable bonds is 9. The summed E-state index contributed by atoms with van der Waals surface area (Å²) in [5, 5.41) is 19.0. The number of hydrogen-bond acceptors (Lipinski definition) is 10. The van der Waals surface area contributed by atoms with Crippen molar-refractivity contribution in [2.24, 2.45) is 14.7 Å². The number of para-hydroxylation sites is 1. The minimum absolute atomic E-state index is 0.00495. The fourth-order valence-electron chi connectivity index (χ4n) is 3.20. The van der Waals surface area contributed by atoms with Gasteiger partial charge in [-0.3, -0.25) is 0 Å². The number of benzene rings is 2. The van der Waals surface area contributed by atoms with Gasteiger partial charge in [-0.1, -0.05) is 0 Å². The number of anilines is 2. The molecular formula is C22H19ClHgN8O2S3. The molecule has 0 spiro atoms. The number of amidine groups is 1. The molecule has 1 aliphatic rings.